The Kier molecular flexibility index (Phi) is 5.68. The molecule has 5 fully saturated rings. The number of piperidine rings is 1. The number of alkyl halides is 3. The number of nitrogens with two attached hydrogens (primary N) is 1. The number of halogens is 3. The highest BCUT2D eigenvalue weighted by molar-refractivity contribution is 7.80. The van der Waals surface area contributed by atoms with E-state index in [2.05, 4.69) is 49.1 Å². The molecule has 2 N–H and O–H groups in total. The van der Waals surface area contributed by atoms with Crippen molar-refractivity contribution in [2.24, 2.45) is 34.3 Å². The van der Waals surface area contributed by atoms with Gasteiger partial charge in [-0.05, 0) is 79.1 Å². The van der Waals surface area contributed by atoms with Crippen LogP contribution < -0.4 is 5.73 Å². The van der Waals surface area contributed by atoms with Crippen LogP contribution in [0.25, 0.3) is 0 Å². The lowest BCUT2D eigenvalue weighted by atomic mass is 9.39. The van der Waals surface area contributed by atoms with Crippen molar-refractivity contribution < 1.29 is 13.2 Å². The fourth-order valence-electron chi connectivity index (χ4n) is 8.31. The predicted octanol–water partition coefficient (Wildman–Crippen LogP) is 6.48. The lowest BCUT2D eigenvalue weighted by Gasteiger charge is -2.66. The van der Waals surface area contributed by atoms with Gasteiger partial charge in [0.2, 0.25) is 0 Å². The number of nitrogens with zero attached hydrogens (tertiary/aromatic N) is 1. The summed E-state index contributed by atoms with van der Waals surface area (Å²) >= 11 is 6.27. The van der Waals surface area contributed by atoms with Crippen LogP contribution in [0.4, 0.5) is 13.2 Å². The third kappa shape index (κ3) is 4.13. The normalized spacial score (nSPS) is 39.6. The number of likely N-dealkylation sites (tertiary alicyclic amines) is 1. The van der Waals surface area contributed by atoms with E-state index < -0.39 is 12.6 Å². The van der Waals surface area contributed by atoms with E-state index in [1.54, 1.807) is 0 Å². The van der Waals surface area contributed by atoms with Crippen LogP contribution in [0.15, 0.2) is 30.3 Å². The Labute approximate surface area is 201 Å². The lowest BCUT2D eigenvalue weighted by molar-refractivity contribution is -0.149. The van der Waals surface area contributed by atoms with Gasteiger partial charge < -0.3 is 10.6 Å². The summed E-state index contributed by atoms with van der Waals surface area (Å²) in [7, 11) is 0. The zero-order valence-corrected chi connectivity index (χ0v) is 20.7. The first-order chi connectivity index (χ1) is 15.4. The Morgan fingerprint density at radius 2 is 1.73 bits per heavy atom. The van der Waals surface area contributed by atoms with Crippen molar-refractivity contribution in [3.8, 4) is 0 Å². The molecule has 33 heavy (non-hydrogen) atoms. The van der Waals surface area contributed by atoms with E-state index in [1.807, 2.05) is 0 Å². The third-order valence-corrected chi connectivity index (χ3v) is 10.4. The Hall–Kier alpha value is -1.14. The van der Waals surface area contributed by atoms with Crippen molar-refractivity contribution in [1.29, 1.82) is 0 Å². The van der Waals surface area contributed by atoms with Gasteiger partial charge in [-0.1, -0.05) is 56.4 Å². The molecule has 6 rings (SSSR count). The molecule has 0 spiro atoms. The fraction of sp³-hybridized carbons (Fsp3) is 0.741. The molecule has 4 aliphatic carbocycles. The molecule has 1 saturated heterocycles. The molecule has 4 saturated carbocycles. The van der Waals surface area contributed by atoms with Gasteiger partial charge in [-0.25, -0.2) is 0 Å². The van der Waals surface area contributed by atoms with Crippen LogP contribution in [0.5, 0.6) is 0 Å². The van der Waals surface area contributed by atoms with Crippen molar-refractivity contribution in [2.45, 2.75) is 82.8 Å². The third-order valence-electron chi connectivity index (χ3n) is 9.70. The molecular formula is C27H37F3N2S. The summed E-state index contributed by atoms with van der Waals surface area (Å²) in [5.74, 6) is 0.824. The molecule has 3 atom stereocenters. The second-order valence-corrected chi connectivity index (χ2v) is 12.8. The Balaban J connectivity index is 1.46. The minimum absolute atomic E-state index is 0.0109. The highest BCUT2D eigenvalue weighted by atomic mass is 32.1. The number of benzene rings is 1. The fourth-order valence-corrected chi connectivity index (χ4v) is 8.70. The first kappa shape index (κ1) is 23.6. The average molecular weight is 479 g/mol. The highest BCUT2D eigenvalue weighted by Crippen LogP contribution is 2.69. The summed E-state index contributed by atoms with van der Waals surface area (Å²) < 4.78 is 39.4. The molecular weight excluding hydrogens is 441 g/mol. The minimum atomic E-state index is -4.07. The topological polar surface area (TPSA) is 29.3 Å². The maximum atomic E-state index is 13.1. The van der Waals surface area contributed by atoms with Crippen molar-refractivity contribution in [1.82, 2.24) is 4.90 Å². The summed E-state index contributed by atoms with van der Waals surface area (Å²) in [5, 5.41) is 0. The molecule has 1 aromatic carbocycles. The molecule has 2 unspecified atom stereocenters. The lowest BCUT2D eigenvalue weighted by Crippen LogP contribution is -2.64. The standard InChI is InChI=1S/C27H37F3N2S/c1-24(2)17-32(11-9-22(24)31)23(33)26-14-18-12-25(16-26,20-6-4-3-5-7-20)13-19(15-26)21(18)8-10-27(28,29)30/h3-7,18-19,21-22H,8-17,31H2,1-2H3/t18?,19?,21?,22-,25?,26?/m0/s1. The molecule has 182 valence electrons. The van der Waals surface area contributed by atoms with Crippen LogP contribution in [-0.2, 0) is 5.41 Å². The first-order valence-electron chi connectivity index (χ1n) is 12.6. The van der Waals surface area contributed by atoms with Gasteiger partial charge in [0.1, 0.15) is 0 Å². The molecule has 1 heterocycles. The number of thiocarbonyl (C=S) groups is 1. The van der Waals surface area contributed by atoms with Crippen molar-refractivity contribution in [3.05, 3.63) is 35.9 Å². The quantitative estimate of drug-likeness (QED) is 0.502. The van der Waals surface area contributed by atoms with Crippen LogP contribution in [0, 0.1) is 28.6 Å². The van der Waals surface area contributed by atoms with Crippen LogP contribution in [0.3, 0.4) is 0 Å². The Morgan fingerprint density at radius 1 is 1.09 bits per heavy atom. The van der Waals surface area contributed by atoms with E-state index in [0.29, 0.717) is 11.8 Å². The van der Waals surface area contributed by atoms with E-state index >= 15 is 0 Å². The molecule has 0 radical (unpaired) electrons. The average Bonchev–Trinajstić information content (AvgIpc) is 2.74. The molecule has 4 bridgehead atoms. The SMILES string of the molecule is CC1(C)CN(C(=S)C23CC4CC(c5ccccc5)(CC(C2)C4CCC(F)(F)F)C3)CC[C@@H]1N. The molecule has 1 aliphatic heterocycles. The predicted molar refractivity (Wildman–Crippen MR) is 130 cm³/mol. The monoisotopic (exact) mass is 478 g/mol. The van der Waals surface area contributed by atoms with Gasteiger partial charge in [0.05, 0.1) is 4.99 Å². The summed E-state index contributed by atoms with van der Waals surface area (Å²) in [6, 6.07) is 10.9. The number of hydrogen-bond donors (Lipinski definition) is 1. The Bertz CT molecular complexity index is 880. The van der Waals surface area contributed by atoms with Crippen LogP contribution in [0.1, 0.15) is 70.8 Å². The van der Waals surface area contributed by atoms with E-state index in [9.17, 15) is 13.2 Å². The van der Waals surface area contributed by atoms with Gasteiger partial charge in [-0.2, -0.15) is 13.2 Å². The van der Waals surface area contributed by atoms with Crippen molar-refractivity contribution in [3.63, 3.8) is 0 Å². The van der Waals surface area contributed by atoms with Crippen molar-refractivity contribution in [2.75, 3.05) is 13.1 Å². The first-order valence-corrected chi connectivity index (χ1v) is 13.0. The van der Waals surface area contributed by atoms with Crippen molar-refractivity contribution >= 4 is 17.2 Å². The second kappa shape index (κ2) is 7.94. The molecule has 2 nitrogen and oxygen atoms in total. The van der Waals surface area contributed by atoms with Gasteiger partial charge >= 0.3 is 6.18 Å². The minimum Gasteiger partial charge on any atom is -0.365 e. The zero-order valence-electron chi connectivity index (χ0n) is 19.8. The largest absolute Gasteiger partial charge is 0.389 e. The van der Waals surface area contributed by atoms with E-state index in [1.165, 1.54) is 5.56 Å². The highest BCUT2D eigenvalue weighted by Gasteiger charge is 2.63. The van der Waals surface area contributed by atoms with E-state index in [-0.39, 0.29) is 34.6 Å². The van der Waals surface area contributed by atoms with Gasteiger partial charge in [-0.15, -0.1) is 0 Å². The van der Waals surface area contributed by atoms with Gasteiger partial charge in [0.15, 0.2) is 0 Å². The molecule has 6 heteroatoms. The smallest absolute Gasteiger partial charge is 0.365 e. The Morgan fingerprint density at radius 3 is 2.30 bits per heavy atom. The van der Waals surface area contributed by atoms with Crippen LogP contribution in [0.2, 0.25) is 0 Å². The maximum Gasteiger partial charge on any atom is 0.389 e. The van der Waals surface area contributed by atoms with E-state index in [4.69, 9.17) is 18.0 Å². The van der Waals surface area contributed by atoms with Gasteiger partial charge in [0.25, 0.3) is 0 Å². The van der Waals surface area contributed by atoms with Crippen LogP contribution in [-0.4, -0.2) is 35.2 Å². The van der Waals surface area contributed by atoms with E-state index in [0.717, 1.165) is 56.6 Å². The maximum absolute atomic E-state index is 13.1. The number of rotatable bonds is 4. The van der Waals surface area contributed by atoms with Crippen LogP contribution >= 0.6 is 12.2 Å². The van der Waals surface area contributed by atoms with Gasteiger partial charge in [0, 0.05) is 31.0 Å². The molecule has 0 aromatic heterocycles. The second-order valence-electron chi connectivity index (χ2n) is 12.4. The molecule has 5 aliphatic rings. The summed E-state index contributed by atoms with van der Waals surface area (Å²) in [5.41, 5.74) is 7.76. The number of hydrogen-bond acceptors (Lipinski definition) is 2. The molecule has 0 amide bonds. The zero-order chi connectivity index (χ0) is 23.6. The summed E-state index contributed by atoms with van der Waals surface area (Å²) in [6.45, 7) is 6.23. The summed E-state index contributed by atoms with van der Waals surface area (Å²) in [6.07, 6.45) is 1.48. The molecule has 1 aromatic rings. The van der Waals surface area contributed by atoms with Gasteiger partial charge in [-0.3, -0.25) is 0 Å². The summed E-state index contributed by atoms with van der Waals surface area (Å²) in [4.78, 5) is 3.49.